The fraction of sp³-hybridized carbons (Fsp3) is 0.438. The molecule has 100 valence electrons. The molecule has 1 aromatic carbocycles. The predicted octanol–water partition coefficient (Wildman–Crippen LogP) is 3.17. The van der Waals surface area contributed by atoms with Crippen LogP contribution in [0, 0.1) is 5.41 Å². The summed E-state index contributed by atoms with van der Waals surface area (Å²) < 4.78 is 0. The van der Waals surface area contributed by atoms with E-state index in [0.29, 0.717) is 0 Å². The molecule has 19 heavy (non-hydrogen) atoms. The van der Waals surface area contributed by atoms with E-state index < -0.39 is 0 Å². The predicted molar refractivity (Wildman–Crippen MR) is 80.2 cm³/mol. The summed E-state index contributed by atoms with van der Waals surface area (Å²) in [5.74, 6) is 0.984. The van der Waals surface area contributed by atoms with Crippen molar-refractivity contribution in [3.05, 3.63) is 36.5 Å². The summed E-state index contributed by atoms with van der Waals surface area (Å²) in [7, 11) is 0. The van der Waals surface area contributed by atoms with E-state index in [2.05, 4.69) is 40.6 Å². The van der Waals surface area contributed by atoms with Gasteiger partial charge in [0, 0.05) is 18.1 Å². The van der Waals surface area contributed by atoms with Crippen molar-refractivity contribution in [1.82, 2.24) is 4.98 Å². The number of pyridine rings is 1. The highest BCUT2D eigenvalue weighted by atomic mass is 15.0. The molecule has 0 atom stereocenters. The molecule has 0 radical (unpaired) electrons. The van der Waals surface area contributed by atoms with Crippen molar-refractivity contribution in [2.75, 3.05) is 18.4 Å². The summed E-state index contributed by atoms with van der Waals surface area (Å²) in [6.45, 7) is 1.70. The maximum absolute atomic E-state index is 5.99. The molecule has 3 rings (SSSR count). The molecule has 0 spiro atoms. The molecule has 0 aliphatic heterocycles. The molecule has 1 heterocycles. The van der Waals surface area contributed by atoms with Crippen molar-refractivity contribution in [3.8, 4) is 0 Å². The molecule has 1 saturated carbocycles. The highest BCUT2D eigenvalue weighted by Gasteiger charge is 2.32. The number of hydrogen-bond donors (Lipinski definition) is 2. The number of fused-ring (bicyclic) bond motifs is 1. The van der Waals surface area contributed by atoms with Crippen LogP contribution < -0.4 is 11.1 Å². The van der Waals surface area contributed by atoms with Gasteiger partial charge in [-0.05, 0) is 36.3 Å². The van der Waals surface area contributed by atoms with Crippen molar-refractivity contribution >= 4 is 16.6 Å². The highest BCUT2D eigenvalue weighted by molar-refractivity contribution is 5.91. The molecule has 3 heteroatoms. The van der Waals surface area contributed by atoms with E-state index in [4.69, 9.17) is 5.73 Å². The summed E-state index contributed by atoms with van der Waals surface area (Å²) in [6.07, 6.45) is 6.96. The smallest absolute Gasteiger partial charge is 0.133 e. The number of rotatable bonds is 4. The molecule has 1 fully saturated rings. The highest BCUT2D eigenvalue weighted by Crippen LogP contribution is 2.37. The lowest BCUT2D eigenvalue weighted by Gasteiger charge is -2.27. The Hall–Kier alpha value is -1.61. The molecular weight excluding hydrogens is 234 g/mol. The summed E-state index contributed by atoms with van der Waals surface area (Å²) in [4.78, 5) is 4.48. The van der Waals surface area contributed by atoms with Gasteiger partial charge in [-0.25, -0.2) is 4.98 Å². The van der Waals surface area contributed by atoms with Crippen molar-refractivity contribution in [2.45, 2.75) is 25.7 Å². The fourth-order valence-electron chi connectivity index (χ4n) is 3.11. The first-order valence-corrected chi connectivity index (χ1v) is 7.11. The Morgan fingerprint density at radius 2 is 1.95 bits per heavy atom. The van der Waals surface area contributed by atoms with Crippen LogP contribution in [0.4, 0.5) is 5.82 Å². The maximum atomic E-state index is 5.99. The van der Waals surface area contributed by atoms with E-state index in [1.54, 1.807) is 0 Å². The van der Waals surface area contributed by atoms with Gasteiger partial charge in [-0.3, -0.25) is 0 Å². The van der Waals surface area contributed by atoms with Crippen molar-refractivity contribution < 1.29 is 0 Å². The van der Waals surface area contributed by atoms with E-state index in [-0.39, 0.29) is 5.41 Å². The van der Waals surface area contributed by atoms with Crippen LogP contribution in [0.2, 0.25) is 0 Å². The van der Waals surface area contributed by atoms with Crippen LogP contribution in [0.5, 0.6) is 0 Å². The van der Waals surface area contributed by atoms with Crippen LogP contribution in [0.25, 0.3) is 10.8 Å². The normalized spacial score (nSPS) is 17.7. The second kappa shape index (κ2) is 5.17. The fourth-order valence-corrected chi connectivity index (χ4v) is 3.11. The van der Waals surface area contributed by atoms with Crippen molar-refractivity contribution in [1.29, 1.82) is 0 Å². The largest absolute Gasteiger partial charge is 0.369 e. The summed E-state index contributed by atoms with van der Waals surface area (Å²) in [6, 6.07) is 10.4. The van der Waals surface area contributed by atoms with Crippen molar-refractivity contribution in [3.63, 3.8) is 0 Å². The summed E-state index contributed by atoms with van der Waals surface area (Å²) in [5, 5.41) is 5.95. The van der Waals surface area contributed by atoms with E-state index in [9.17, 15) is 0 Å². The lowest BCUT2D eigenvalue weighted by Crippen LogP contribution is -2.34. The minimum atomic E-state index is 0.276. The van der Waals surface area contributed by atoms with Gasteiger partial charge in [0.2, 0.25) is 0 Å². The van der Waals surface area contributed by atoms with Crippen LogP contribution in [-0.4, -0.2) is 18.1 Å². The van der Waals surface area contributed by atoms with Gasteiger partial charge in [0.05, 0.1) is 0 Å². The molecule has 3 N–H and O–H groups in total. The average molecular weight is 255 g/mol. The number of nitrogens with zero attached hydrogens (tertiary/aromatic N) is 1. The van der Waals surface area contributed by atoms with Crippen molar-refractivity contribution in [2.24, 2.45) is 11.1 Å². The summed E-state index contributed by atoms with van der Waals surface area (Å²) >= 11 is 0. The molecule has 0 bridgehead atoms. The topological polar surface area (TPSA) is 50.9 Å². The minimum Gasteiger partial charge on any atom is -0.369 e. The molecule has 0 unspecified atom stereocenters. The summed E-state index contributed by atoms with van der Waals surface area (Å²) in [5.41, 5.74) is 6.26. The number of anilines is 1. The molecule has 0 amide bonds. The Kier molecular flexibility index (Phi) is 3.38. The lowest BCUT2D eigenvalue weighted by molar-refractivity contribution is 0.332. The molecule has 1 aliphatic rings. The van der Waals surface area contributed by atoms with E-state index >= 15 is 0 Å². The zero-order valence-corrected chi connectivity index (χ0v) is 11.2. The Bertz CT molecular complexity index is 553. The molecule has 1 aromatic heterocycles. The van der Waals surface area contributed by atoms with E-state index in [1.165, 1.54) is 36.5 Å². The second-order valence-electron chi connectivity index (χ2n) is 5.65. The third-order valence-electron chi connectivity index (χ3n) is 4.40. The van der Waals surface area contributed by atoms with Crippen LogP contribution in [0.3, 0.4) is 0 Å². The Labute approximate surface area is 114 Å². The first-order valence-electron chi connectivity index (χ1n) is 7.11. The SMILES string of the molecule is NCC1(CNc2nccc3ccccc23)CCCC1. The van der Waals surface area contributed by atoms with Crippen LogP contribution in [0.1, 0.15) is 25.7 Å². The zero-order valence-electron chi connectivity index (χ0n) is 11.2. The maximum Gasteiger partial charge on any atom is 0.133 e. The second-order valence-corrected chi connectivity index (χ2v) is 5.65. The number of nitrogens with one attached hydrogen (secondary N) is 1. The molecule has 3 nitrogen and oxygen atoms in total. The number of hydrogen-bond acceptors (Lipinski definition) is 3. The van der Waals surface area contributed by atoms with E-state index in [0.717, 1.165) is 18.9 Å². The third-order valence-corrected chi connectivity index (χ3v) is 4.40. The van der Waals surface area contributed by atoms with Gasteiger partial charge in [0.1, 0.15) is 5.82 Å². The number of aromatic nitrogens is 1. The van der Waals surface area contributed by atoms with Gasteiger partial charge >= 0.3 is 0 Å². The molecular formula is C16H21N3. The van der Waals surface area contributed by atoms with Gasteiger partial charge in [-0.2, -0.15) is 0 Å². The third kappa shape index (κ3) is 2.43. The zero-order chi connectivity index (χ0) is 13.1. The van der Waals surface area contributed by atoms with Gasteiger partial charge in [0.15, 0.2) is 0 Å². The van der Waals surface area contributed by atoms with Gasteiger partial charge in [-0.15, -0.1) is 0 Å². The van der Waals surface area contributed by atoms with Gasteiger partial charge in [0.25, 0.3) is 0 Å². The van der Waals surface area contributed by atoms with Gasteiger partial charge in [-0.1, -0.05) is 37.1 Å². The first kappa shape index (κ1) is 12.4. The van der Waals surface area contributed by atoms with Crippen LogP contribution >= 0.6 is 0 Å². The number of benzene rings is 1. The minimum absolute atomic E-state index is 0.276. The number of nitrogens with two attached hydrogens (primary N) is 1. The average Bonchev–Trinajstić information content (AvgIpc) is 2.94. The Morgan fingerprint density at radius 1 is 1.16 bits per heavy atom. The quantitative estimate of drug-likeness (QED) is 0.882. The molecule has 2 aromatic rings. The Balaban J connectivity index is 1.82. The first-order chi connectivity index (χ1) is 9.33. The monoisotopic (exact) mass is 255 g/mol. The van der Waals surface area contributed by atoms with Crippen LogP contribution in [-0.2, 0) is 0 Å². The van der Waals surface area contributed by atoms with Gasteiger partial charge < -0.3 is 11.1 Å². The Morgan fingerprint density at radius 3 is 2.74 bits per heavy atom. The molecule has 1 aliphatic carbocycles. The molecule has 0 saturated heterocycles. The van der Waals surface area contributed by atoms with Crippen LogP contribution in [0.15, 0.2) is 36.5 Å². The van der Waals surface area contributed by atoms with E-state index in [1.807, 2.05) is 6.20 Å². The lowest BCUT2D eigenvalue weighted by atomic mass is 9.86. The standard InChI is InChI=1S/C16H21N3/c17-11-16(8-3-4-9-16)12-19-15-14-6-2-1-5-13(14)7-10-18-15/h1-2,5-7,10H,3-4,8-9,11-12,17H2,(H,18,19).